The van der Waals surface area contributed by atoms with Crippen LogP contribution in [0.4, 0.5) is 0 Å². The van der Waals surface area contributed by atoms with E-state index in [1.165, 1.54) is 10.9 Å². The molecule has 1 aromatic heterocycles. The van der Waals surface area contributed by atoms with Gasteiger partial charge in [-0.15, -0.1) is 0 Å². The van der Waals surface area contributed by atoms with Crippen LogP contribution in [-0.4, -0.2) is 45.9 Å². The van der Waals surface area contributed by atoms with Crippen molar-refractivity contribution in [2.24, 2.45) is 0 Å². The molecular weight excluding hydrogens is 308 g/mol. The third-order valence-electron chi connectivity index (χ3n) is 4.17. The number of hydrogen-bond donors (Lipinski definition) is 1. The highest BCUT2D eigenvalue weighted by Crippen LogP contribution is 2.08. The highest BCUT2D eigenvalue weighted by molar-refractivity contribution is 5.80. The van der Waals surface area contributed by atoms with Crippen LogP contribution in [-0.2, 0) is 16.1 Å². The zero-order valence-corrected chi connectivity index (χ0v) is 13.4. The molecule has 3 rings (SSSR count). The van der Waals surface area contributed by atoms with Crippen LogP contribution in [0.15, 0.2) is 35.4 Å². The number of nitrogens with zero attached hydrogens (tertiary/aromatic N) is 3. The van der Waals surface area contributed by atoms with Gasteiger partial charge in [-0.25, -0.2) is 4.98 Å². The topological polar surface area (TPSA) is 84.3 Å². The number of rotatable bonds is 5. The molecule has 1 aliphatic rings. The van der Waals surface area contributed by atoms with E-state index < -0.39 is 0 Å². The first-order valence-corrected chi connectivity index (χ1v) is 8.14. The normalized spacial score (nSPS) is 14.1. The number of likely N-dealkylation sites (tertiary alicyclic amines) is 1. The summed E-state index contributed by atoms with van der Waals surface area (Å²) < 4.78 is 1.28. The van der Waals surface area contributed by atoms with Gasteiger partial charge < -0.3 is 10.2 Å². The number of carbonyl (C=O) groups excluding carboxylic acids is 2. The summed E-state index contributed by atoms with van der Waals surface area (Å²) >= 11 is 0. The number of amides is 2. The molecule has 1 aliphatic heterocycles. The van der Waals surface area contributed by atoms with Crippen molar-refractivity contribution in [3.63, 3.8) is 0 Å². The monoisotopic (exact) mass is 328 g/mol. The Kier molecular flexibility index (Phi) is 4.88. The molecule has 1 N–H and O–H groups in total. The number of hydrogen-bond acceptors (Lipinski definition) is 4. The van der Waals surface area contributed by atoms with Crippen LogP contribution in [0.5, 0.6) is 0 Å². The highest BCUT2D eigenvalue weighted by Gasteiger charge is 2.17. The molecule has 2 aromatic rings. The molecular formula is C17H20N4O3. The first kappa shape index (κ1) is 16.2. The van der Waals surface area contributed by atoms with Gasteiger partial charge in [0.25, 0.3) is 5.56 Å². The zero-order valence-electron chi connectivity index (χ0n) is 13.4. The number of nitrogens with one attached hydrogen (secondary N) is 1. The van der Waals surface area contributed by atoms with Crippen molar-refractivity contribution in [2.75, 3.05) is 19.6 Å². The Labute approximate surface area is 139 Å². The Balaban J connectivity index is 1.54. The van der Waals surface area contributed by atoms with Crippen LogP contribution < -0.4 is 10.9 Å². The molecule has 1 fully saturated rings. The minimum atomic E-state index is -0.302. The molecule has 2 amide bonds. The highest BCUT2D eigenvalue weighted by atomic mass is 16.2. The van der Waals surface area contributed by atoms with Crippen molar-refractivity contribution in [3.05, 3.63) is 40.9 Å². The van der Waals surface area contributed by atoms with Gasteiger partial charge in [0.15, 0.2) is 0 Å². The average molecular weight is 328 g/mol. The van der Waals surface area contributed by atoms with Crippen LogP contribution in [0.1, 0.15) is 19.3 Å². The molecule has 0 bridgehead atoms. The average Bonchev–Trinajstić information content (AvgIpc) is 3.12. The van der Waals surface area contributed by atoms with E-state index in [1.807, 2.05) is 11.0 Å². The summed E-state index contributed by atoms with van der Waals surface area (Å²) in [5, 5.41) is 3.17. The van der Waals surface area contributed by atoms with E-state index in [2.05, 4.69) is 10.3 Å². The maximum absolute atomic E-state index is 12.3. The Bertz CT molecular complexity index is 809. The van der Waals surface area contributed by atoms with Gasteiger partial charge in [0, 0.05) is 26.1 Å². The third kappa shape index (κ3) is 3.61. The molecule has 0 saturated carbocycles. The summed E-state index contributed by atoms with van der Waals surface area (Å²) in [6, 6.07) is 7.02. The van der Waals surface area contributed by atoms with Crippen molar-refractivity contribution in [1.29, 1.82) is 0 Å². The molecule has 0 spiro atoms. The Morgan fingerprint density at radius 1 is 1.17 bits per heavy atom. The van der Waals surface area contributed by atoms with Crippen LogP contribution in [0.25, 0.3) is 10.9 Å². The van der Waals surface area contributed by atoms with E-state index in [0.717, 1.165) is 25.9 Å². The van der Waals surface area contributed by atoms with Gasteiger partial charge in [0.1, 0.15) is 6.54 Å². The Morgan fingerprint density at radius 3 is 2.71 bits per heavy atom. The summed E-state index contributed by atoms with van der Waals surface area (Å²) in [5.74, 6) is -0.235. The Morgan fingerprint density at radius 2 is 1.92 bits per heavy atom. The molecule has 0 unspecified atom stereocenters. The van der Waals surface area contributed by atoms with Gasteiger partial charge in [0.2, 0.25) is 11.8 Å². The van der Waals surface area contributed by atoms with E-state index in [1.54, 1.807) is 18.2 Å². The molecule has 0 atom stereocenters. The van der Waals surface area contributed by atoms with Crippen LogP contribution in [0.3, 0.4) is 0 Å². The van der Waals surface area contributed by atoms with Crippen LogP contribution >= 0.6 is 0 Å². The van der Waals surface area contributed by atoms with Crippen molar-refractivity contribution in [1.82, 2.24) is 19.8 Å². The van der Waals surface area contributed by atoms with Crippen LogP contribution in [0.2, 0.25) is 0 Å². The SMILES string of the molecule is O=C(Cn1cnc2ccccc2c1=O)NCCC(=O)N1CCCC1. The fourth-order valence-corrected chi connectivity index (χ4v) is 2.86. The minimum Gasteiger partial charge on any atom is -0.354 e. The minimum absolute atomic E-state index is 0.0670. The summed E-state index contributed by atoms with van der Waals surface area (Å²) in [6.45, 7) is 1.80. The lowest BCUT2D eigenvalue weighted by atomic mass is 10.2. The maximum atomic E-state index is 12.3. The number of para-hydroxylation sites is 1. The van der Waals surface area contributed by atoms with E-state index >= 15 is 0 Å². The predicted molar refractivity (Wildman–Crippen MR) is 89.4 cm³/mol. The van der Waals surface area contributed by atoms with E-state index in [9.17, 15) is 14.4 Å². The summed E-state index contributed by atoms with van der Waals surface area (Å²) in [6.07, 6.45) is 3.77. The maximum Gasteiger partial charge on any atom is 0.261 e. The van der Waals surface area contributed by atoms with E-state index in [-0.39, 0.29) is 36.9 Å². The van der Waals surface area contributed by atoms with Crippen LogP contribution in [0, 0.1) is 0 Å². The molecule has 1 saturated heterocycles. The molecule has 7 heteroatoms. The lowest BCUT2D eigenvalue weighted by Crippen LogP contribution is -2.35. The third-order valence-corrected chi connectivity index (χ3v) is 4.17. The second-order valence-electron chi connectivity index (χ2n) is 5.88. The summed E-state index contributed by atoms with van der Waals surface area (Å²) in [7, 11) is 0. The van der Waals surface area contributed by atoms with Gasteiger partial charge in [-0.1, -0.05) is 12.1 Å². The first-order valence-electron chi connectivity index (χ1n) is 8.14. The predicted octanol–water partition coefficient (Wildman–Crippen LogP) is 0.525. The van der Waals surface area contributed by atoms with Gasteiger partial charge >= 0.3 is 0 Å². The zero-order chi connectivity index (χ0) is 16.9. The molecule has 126 valence electrons. The van der Waals surface area contributed by atoms with E-state index in [0.29, 0.717) is 10.9 Å². The molecule has 1 aromatic carbocycles. The van der Waals surface area contributed by atoms with Gasteiger partial charge in [-0.3, -0.25) is 19.0 Å². The van der Waals surface area contributed by atoms with Crippen molar-refractivity contribution >= 4 is 22.7 Å². The van der Waals surface area contributed by atoms with Crippen molar-refractivity contribution in [3.8, 4) is 0 Å². The fraction of sp³-hybridized carbons (Fsp3) is 0.412. The van der Waals surface area contributed by atoms with Gasteiger partial charge in [0.05, 0.1) is 17.2 Å². The van der Waals surface area contributed by atoms with Crippen molar-refractivity contribution < 1.29 is 9.59 Å². The summed E-state index contributed by atoms with van der Waals surface area (Å²) in [4.78, 5) is 42.2. The number of fused-ring (bicyclic) bond motifs is 1. The second kappa shape index (κ2) is 7.25. The van der Waals surface area contributed by atoms with E-state index in [4.69, 9.17) is 0 Å². The summed E-state index contributed by atoms with van der Waals surface area (Å²) in [5.41, 5.74) is 0.360. The molecule has 7 nitrogen and oxygen atoms in total. The Hall–Kier alpha value is -2.70. The van der Waals surface area contributed by atoms with Crippen molar-refractivity contribution in [2.45, 2.75) is 25.8 Å². The smallest absolute Gasteiger partial charge is 0.261 e. The van der Waals surface area contributed by atoms with Gasteiger partial charge in [-0.2, -0.15) is 0 Å². The molecule has 0 radical (unpaired) electrons. The quantitative estimate of drug-likeness (QED) is 0.867. The lowest BCUT2D eigenvalue weighted by Gasteiger charge is -2.15. The number of carbonyl (C=O) groups is 2. The number of benzene rings is 1. The first-order chi connectivity index (χ1) is 11.6. The molecule has 0 aliphatic carbocycles. The standard InChI is InChI=1S/C17H20N4O3/c22-15(18-8-7-16(23)20-9-3-4-10-20)11-21-12-19-14-6-2-1-5-13(14)17(21)24/h1-2,5-6,12H,3-4,7-11H2,(H,18,22). The second-order valence-corrected chi connectivity index (χ2v) is 5.88. The molecule has 2 heterocycles. The fourth-order valence-electron chi connectivity index (χ4n) is 2.86. The number of aromatic nitrogens is 2. The lowest BCUT2D eigenvalue weighted by molar-refractivity contribution is -0.130. The van der Waals surface area contributed by atoms with Gasteiger partial charge in [-0.05, 0) is 25.0 Å². The largest absolute Gasteiger partial charge is 0.354 e. The molecule has 24 heavy (non-hydrogen) atoms.